The van der Waals surface area contributed by atoms with Gasteiger partial charge in [-0.05, 0) is 26.7 Å². The molecular formula is C12H22O4. The molecule has 0 saturated heterocycles. The second-order valence-electron chi connectivity index (χ2n) is 4.77. The first-order valence-corrected chi connectivity index (χ1v) is 5.73. The topological polar surface area (TPSA) is 74.6 Å². The molecule has 16 heavy (non-hydrogen) atoms. The SMILES string of the molecule is CCCCC(CC)(C(=O)O)C(C)(C)C(=O)O. The highest BCUT2D eigenvalue weighted by Crippen LogP contribution is 2.46. The highest BCUT2D eigenvalue weighted by atomic mass is 16.4. The monoisotopic (exact) mass is 230 g/mol. The predicted molar refractivity (Wildman–Crippen MR) is 61.3 cm³/mol. The third kappa shape index (κ3) is 2.36. The van der Waals surface area contributed by atoms with Gasteiger partial charge >= 0.3 is 11.9 Å². The molecule has 1 unspecified atom stereocenters. The molecule has 0 aromatic rings. The van der Waals surface area contributed by atoms with Crippen LogP contribution in [0, 0.1) is 10.8 Å². The van der Waals surface area contributed by atoms with Crippen LogP contribution in [-0.2, 0) is 9.59 Å². The fourth-order valence-electron chi connectivity index (χ4n) is 2.14. The Morgan fingerprint density at radius 3 is 1.81 bits per heavy atom. The molecule has 4 nitrogen and oxygen atoms in total. The second kappa shape index (κ2) is 5.32. The minimum Gasteiger partial charge on any atom is -0.481 e. The quantitative estimate of drug-likeness (QED) is 0.705. The van der Waals surface area contributed by atoms with Crippen LogP contribution in [0.5, 0.6) is 0 Å². The normalized spacial score (nSPS) is 15.5. The van der Waals surface area contributed by atoms with Gasteiger partial charge in [0.25, 0.3) is 0 Å². The summed E-state index contributed by atoms with van der Waals surface area (Å²) in [6, 6.07) is 0. The number of aliphatic carboxylic acids is 2. The molecule has 2 N–H and O–H groups in total. The number of carboxylic acids is 2. The number of rotatable bonds is 7. The summed E-state index contributed by atoms with van der Waals surface area (Å²) in [5, 5.41) is 18.6. The maximum absolute atomic E-state index is 11.4. The van der Waals surface area contributed by atoms with Crippen molar-refractivity contribution in [3.63, 3.8) is 0 Å². The summed E-state index contributed by atoms with van der Waals surface area (Å²) in [4.78, 5) is 22.7. The van der Waals surface area contributed by atoms with Crippen LogP contribution in [-0.4, -0.2) is 22.2 Å². The third-order valence-corrected chi connectivity index (χ3v) is 3.70. The van der Waals surface area contributed by atoms with Crippen LogP contribution in [0.3, 0.4) is 0 Å². The molecule has 94 valence electrons. The van der Waals surface area contributed by atoms with E-state index in [0.29, 0.717) is 12.8 Å². The van der Waals surface area contributed by atoms with Crippen LogP contribution in [0.1, 0.15) is 53.4 Å². The molecule has 0 rings (SSSR count). The first-order valence-electron chi connectivity index (χ1n) is 5.73. The van der Waals surface area contributed by atoms with E-state index in [1.54, 1.807) is 6.92 Å². The zero-order valence-electron chi connectivity index (χ0n) is 10.5. The lowest BCUT2D eigenvalue weighted by atomic mass is 9.61. The first kappa shape index (κ1) is 14.9. The number of carbonyl (C=O) groups is 2. The van der Waals surface area contributed by atoms with Gasteiger partial charge in [0.15, 0.2) is 0 Å². The Morgan fingerprint density at radius 1 is 1.06 bits per heavy atom. The minimum absolute atomic E-state index is 0.335. The Morgan fingerprint density at radius 2 is 1.56 bits per heavy atom. The molecule has 0 radical (unpaired) electrons. The summed E-state index contributed by atoms with van der Waals surface area (Å²) < 4.78 is 0. The molecule has 0 aromatic carbocycles. The van der Waals surface area contributed by atoms with Crippen molar-refractivity contribution in [3.8, 4) is 0 Å². The van der Waals surface area contributed by atoms with Crippen molar-refractivity contribution in [2.75, 3.05) is 0 Å². The van der Waals surface area contributed by atoms with Gasteiger partial charge in [-0.1, -0.05) is 26.7 Å². The van der Waals surface area contributed by atoms with E-state index < -0.39 is 22.8 Å². The predicted octanol–water partition coefficient (Wildman–Crippen LogP) is 2.77. The van der Waals surface area contributed by atoms with Gasteiger partial charge in [-0.15, -0.1) is 0 Å². The summed E-state index contributed by atoms with van der Waals surface area (Å²) in [5.41, 5.74) is -2.42. The van der Waals surface area contributed by atoms with Crippen LogP contribution >= 0.6 is 0 Å². The number of unbranched alkanes of at least 4 members (excludes halogenated alkanes) is 1. The van der Waals surface area contributed by atoms with Gasteiger partial charge in [0.05, 0.1) is 10.8 Å². The molecule has 0 bridgehead atoms. The van der Waals surface area contributed by atoms with Crippen molar-refractivity contribution < 1.29 is 19.8 Å². The van der Waals surface area contributed by atoms with E-state index in [4.69, 9.17) is 0 Å². The molecular weight excluding hydrogens is 208 g/mol. The maximum atomic E-state index is 11.4. The van der Waals surface area contributed by atoms with Gasteiger partial charge < -0.3 is 10.2 Å². The average Bonchev–Trinajstić information content (AvgIpc) is 2.18. The molecule has 0 saturated carbocycles. The maximum Gasteiger partial charge on any atom is 0.310 e. The molecule has 4 heteroatoms. The van der Waals surface area contributed by atoms with Crippen molar-refractivity contribution in [1.82, 2.24) is 0 Å². The van der Waals surface area contributed by atoms with Gasteiger partial charge in [-0.2, -0.15) is 0 Å². The van der Waals surface area contributed by atoms with Crippen molar-refractivity contribution in [1.29, 1.82) is 0 Å². The number of carboxylic acid groups (broad SMARTS) is 2. The Balaban J connectivity index is 5.35. The number of hydrogen-bond acceptors (Lipinski definition) is 2. The van der Waals surface area contributed by atoms with E-state index in [9.17, 15) is 19.8 Å². The largest absolute Gasteiger partial charge is 0.481 e. The van der Waals surface area contributed by atoms with Crippen molar-refractivity contribution in [2.24, 2.45) is 10.8 Å². The van der Waals surface area contributed by atoms with E-state index in [0.717, 1.165) is 12.8 Å². The van der Waals surface area contributed by atoms with E-state index in [-0.39, 0.29) is 0 Å². The molecule has 0 aliphatic carbocycles. The van der Waals surface area contributed by atoms with Gasteiger partial charge in [0.2, 0.25) is 0 Å². The lowest BCUT2D eigenvalue weighted by molar-refractivity contribution is -0.172. The van der Waals surface area contributed by atoms with Crippen LogP contribution < -0.4 is 0 Å². The molecule has 0 aliphatic heterocycles. The van der Waals surface area contributed by atoms with Crippen LogP contribution in [0.25, 0.3) is 0 Å². The Bertz CT molecular complexity index is 270. The van der Waals surface area contributed by atoms with Crippen molar-refractivity contribution in [2.45, 2.75) is 53.4 Å². The van der Waals surface area contributed by atoms with E-state index in [2.05, 4.69) is 0 Å². The Labute approximate surface area is 96.7 Å². The fourth-order valence-corrected chi connectivity index (χ4v) is 2.14. The molecule has 0 spiro atoms. The molecule has 1 atom stereocenters. The third-order valence-electron chi connectivity index (χ3n) is 3.70. The highest BCUT2D eigenvalue weighted by molar-refractivity contribution is 5.86. The zero-order valence-corrected chi connectivity index (χ0v) is 10.5. The Kier molecular flexibility index (Phi) is 4.97. The highest BCUT2D eigenvalue weighted by Gasteiger charge is 2.53. The van der Waals surface area contributed by atoms with Gasteiger partial charge in [0.1, 0.15) is 0 Å². The standard InChI is InChI=1S/C12H22O4/c1-5-7-8-12(6-2,10(15)16)11(3,4)9(13)14/h5-8H2,1-4H3,(H,13,14)(H,15,16). The lowest BCUT2D eigenvalue weighted by Gasteiger charge is -2.40. The van der Waals surface area contributed by atoms with E-state index in [1.165, 1.54) is 13.8 Å². The summed E-state index contributed by atoms with van der Waals surface area (Å²) in [5.74, 6) is -2.05. The van der Waals surface area contributed by atoms with Crippen LogP contribution in [0.2, 0.25) is 0 Å². The van der Waals surface area contributed by atoms with Crippen molar-refractivity contribution >= 4 is 11.9 Å². The number of hydrogen-bond donors (Lipinski definition) is 2. The summed E-state index contributed by atoms with van der Waals surface area (Å²) >= 11 is 0. The fraction of sp³-hybridized carbons (Fsp3) is 0.833. The zero-order chi connectivity index (χ0) is 13.0. The lowest BCUT2D eigenvalue weighted by Crippen LogP contribution is -2.48. The minimum atomic E-state index is -1.25. The van der Waals surface area contributed by atoms with E-state index >= 15 is 0 Å². The molecule has 0 aromatic heterocycles. The first-order chi connectivity index (χ1) is 7.26. The Hall–Kier alpha value is -1.06. The average molecular weight is 230 g/mol. The van der Waals surface area contributed by atoms with Gasteiger partial charge in [-0.25, -0.2) is 0 Å². The van der Waals surface area contributed by atoms with Gasteiger partial charge in [0, 0.05) is 0 Å². The van der Waals surface area contributed by atoms with Crippen molar-refractivity contribution in [3.05, 3.63) is 0 Å². The molecule has 0 aliphatic rings. The van der Waals surface area contributed by atoms with E-state index in [1.807, 2.05) is 6.92 Å². The van der Waals surface area contributed by atoms with Gasteiger partial charge in [-0.3, -0.25) is 9.59 Å². The smallest absolute Gasteiger partial charge is 0.310 e. The molecule has 0 fully saturated rings. The molecule has 0 amide bonds. The summed E-state index contributed by atoms with van der Waals surface area (Å²) in [6.45, 7) is 6.72. The van der Waals surface area contributed by atoms with Crippen LogP contribution in [0.15, 0.2) is 0 Å². The second-order valence-corrected chi connectivity index (χ2v) is 4.77. The van der Waals surface area contributed by atoms with Crippen LogP contribution in [0.4, 0.5) is 0 Å². The summed E-state index contributed by atoms with van der Waals surface area (Å²) in [7, 11) is 0. The summed E-state index contributed by atoms with van der Waals surface area (Å²) in [6.07, 6.45) is 2.35. The molecule has 0 heterocycles.